The van der Waals surface area contributed by atoms with Crippen molar-refractivity contribution in [2.45, 2.75) is 51.2 Å². The highest BCUT2D eigenvalue weighted by Gasteiger charge is 2.41. The molecule has 0 bridgehead atoms. The highest BCUT2D eigenvalue weighted by Crippen LogP contribution is 2.37. The van der Waals surface area contributed by atoms with Crippen LogP contribution in [0.2, 0.25) is 0 Å². The first-order valence-electron chi connectivity index (χ1n) is 7.94. The summed E-state index contributed by atoms with van der Waals surface area (Å²) in [4.78, 5) is 2.38. The molecule has 1 heterocycles. The molecule has 2 atom stereocenters. The van der Waals surface area contributed by atoms with Crippen molar-refractivity contribution in [1.82, 2.24) is 10.2 Å². The Morgan fingerprint density at radius 3 is 2.71 bits per heavy atom. The van der Waals surface area contributed by atoms with E-state index in [4.69, 9.17) is 0 Å². The summed E-state index contributed by atoms with van der Waals surface area (Å²) in [5, 5.41) is 3.67. The molecule has 0 aromatic heterocycles. The summed E-state index contributed by atoms with van der Waals surface area (Å²) in [6.45, 7) is 6.85. The quantitative estimate of drug-likeness (QED) is 0.916. The number of nitrogens with zero attached hydrogens (tertiary/aromatic N) is 1. The van der Waals surface area contributed by atoms with Gasteiger partial charge < -0.3 is 5.32 Å². The lowest BCUT2D eigenvalue weighted by Gasteiger charge is -2.48. The fourth-order valence-electron chi connectivity index (χ4n) is 3.26. The highest BCUT2D eigenvalue weighted by molar-refractivity contribution is 5.19. The van der Waals surface area contributed by atoms with Crippen molar-refractivity contribution in [1.29, 1.82) is 0 Å². The normalized spacial score (nSPS) is 30.6. The molecule has 1 N–H and O–H groups in total. The molecule has 3 rings (SSSR count). The summed E-state index contributed by atoms with van der Waals surface area (Å²) >= 11 is 0. The lowest BCUT2D eigenvalue weighted by atomic mass is 9.90. The second-order valence-electron chi connectivity index (χ2n) is 6.79. The largest absolute Gasteiger partial charge is 0.311 e. The Labute approximate surface area is 125 Å². The maximum absolute atomic E-state index is 13.9. The molecule has 1 saturated heterocycles. The van der Waals surface area contributed by atoms with Gasteiger partial charge in [0.25, 0.3) is 0 Å². The van der Waals surface area contributed by atoms with Crippen molar-refractivity contribution in [3.8, 4) is 0 Å². The third-order valence-corrected chi connectivity index (χ3v) is 5.25. The van der Waals surface area contributed by atoms with E-state index >= 15 is 0 Å². The molecule has 116 valence electrons. The van der Waals surface area contributed by atoms with E-state index in [0.29, 0.717) is 18.2 Å². The van der Waals surface area contributed by atoms with Crippen LogP contribution in [0.5, 0.6) is 0 Å². The van der Waals surface area contributed by atoms with Crippen LogP contribution in [0.4, 0.5) is 8.78 Å². The first-order valence-corrected chi connectivity index (χ1v) is 7.94. The maximum atomic E-state index is 13.9. The Balaban J connectivity index is 1.78. The maximum Gasteiger partial charge on any atom is 0.130 e. The molecule has 2 nitrogen and oxygen atoms in total. The van der Waals surface area contributed by atoms with Crippen molar-refractivity contribution < 1.29 is 8.78 Å². The topological polar surface area (TPSA) is 15.3 Å². The number of rotatable bonds is 4. The zero-order chi connectivity index (χ0) is 15.0. The monoisotopic (exact) mass is 294 g/mol. The van der Waals surface area contributed by atoms with Crippen molar-refractivity contribution >= 4 is 0 Å². The van der Waals surface area contributed by atoms with Crippen LogP contribution < -0.4 is 5.32 Å². The van der Waals surface area contributed by atoms with Gasteiger partial charge in [-0.3, -0.25) is 4.90 Å². The van der Waals surface area contributed by atoms with E-state index < -0.39 is 11.6 Å². The molecule has 2 fully saturated rings. The van der Waals surface area contributed by atoms with Crippen molar-refractivity contribution in [2.75, 3.05) is 13.1 Å². The molecule has 1 aliphatic heterocycles. The standard InChI is InChI=1S/C17H24F2N2/c1-3-17(2)11-20-16(12-4-5-12)10-21(17)9-13-6-7-14(18)8-15(13)19/h6-8,12,16,20H,3-5,9-11H2,1-2H3. The Bertz CT molecular complexity index is 516. The summed E-state index contributed by atoms with van der Waals surface area (Å²) < 4.78 is 27.0. The van der Waals surface area contributed by atoms with Crippen LogP contribution >= 0.6 is 0 Å². The predicted molar refractivity (Wildman–Crippen MR) is 80.0 cm³/mol. The lowest BCUT2D eigenvalue weighted by Crippen LogP contribution is -2.63. The summed E-state index contributed by atoms with van der Waals surface area (Å²) in [7, 11) is 0. The van der Waals surface area contributed by atoms with E-state index in [2.05, 4.69) is 24.1 Å². The van der Waals surface area contributed by atoms with Crippen LogP contribution in [0, 0.1) is 17.6 Å². The number of piperazine rings is 1. The lowest BCUT2D eigenvalue weighted by molar-refractivity contribution is 0.0360. The summed E-state index contributed by atoms with van der Waals surface area (Å²) in [6.07, 6.45) is 3.62. The third kappa shape index (κ3) is 3.11. The average Bonchev–Trinajstić information content (AvgIpc) is 3.28. The van der Waals surface area contributed by atoms with Crippen LogP contribution in [0.3, 0.4) is 0 Å². The zero-order valence-corrected chi connectivity index (χ0v) is 12.8. The van der Waals surface area contributed by atoms with Crippen molar-refractivity contribution in [3.05, 3.63) is 35.4 Å². The van der Waals surface area contributed by atoms with Gasteiger partial charge in [-0.25, -0.2) is 8.78 Å². The minimum atomic E-state index is -0.509. The van der Waals surface area contributed by atoms with Gasteiger partial charge in [0, 0.05) is 42.8 Å². The number of nitrogens with one attached hydrogen (secondary N) is 1. The minimum Gasteiger partial charge on any atom is -0.311 e. The molecule has 0 radical (unpaired) electrons. The van der Waals surface area contributed by atoms with Crippen LogP contribution in [-0.2, 0) is 6.54 Å². The van der Waals surface area contributed by atoms with Gasteiger partial charge in [-0.05, 0) is 38.2 Å². The predicted octanol–water partition coefficient (Wildman–Crippen LogP) is 3.32. The third-order valence-electron chi connectivity index (χ3n) is 5.25. The SMILES string of the molecule is CCC1(C)CNC(C2CC2)CN1Cc1ccc(F)cc1F. The second-order valence-corrected chi connectivity index (χ2v) is 6.79. The Morgan fingerprint density at radius 2 is 2.10 bits per heavy atom. The number of hydrogen-bond donors (Lipinski definition) is 1. The van der Waals surface area contributed by atoms with Gasteiger partial charge in [-0.15, -0.1) is 0 Å². The molecule has 1 aliphatic carbocycles. The van der Waals surface area contributed by atoms with E-state index in [9.17, 15) is 8.78 Å². The fraction of sp³-hybridized carbons (Fsp3) is 0.647. The fourth-order valence-corrected chi connectivity index (χ4v) is 3.26. The molecule has 1 saturated carbocycles. The Hall–Kier alpha value is -1.00. The van der Waals surface area contributed by atoms with Gasteiger partial charge in [0.15, 0.2) is 0 Å². The zero-order valence-electron chi connectivity index (χ0n) is 12.8. The number of halogens is 2. The summed E-state index contributed by atoms with van der Waals surface area (Å²) in [5.74, 6) is -0.160. The van der Waals surface area contributed by atoms with Gasteiger partial charge in [-0.1, -0.05) is 13.0 Å². The number of benzene rings is 1. The molecular weight excluding hydrogens is 270 g/mol. The van der Waals surface area contributed by atoms with E-state index in [1.54, 1.807) is 6.07 Å². The Kier molecular flexibility index (Phi) is 4.02. The van der Waals surface area contributed by atoms with Crippen LogP contribution in [-0.4, -0.2) is 29.6 Å². The minimum absolute atomic E-state index is 0.0339. The van der Waals surface area contributed by atoms with Gasteiger partial charge in [0.2, 0.25) is 0 Å². The van der Waals surface area contributed by atoms with Crippen molar-refractivity contribution in [3.63, 3.8) is 0 Å². The smallest absolute Gasteiger partial charge is 0.130 e. The van der Waals surface area contributed by atoms with E-state index in [1.807, 2.05) is 0 Å². The van der Waals surface area contributed by atoms with Crippen LogP contribution in [0.15, 0.2) is 18.2 Å². The second kappa shape index (κ2) is 5.65. The molecule has 2 aliphatic rings. The molecular formula is C17H24F2N2. The van der Waals surface area contributed by atoms with Gasteiger partial charge in [0.05, 0.1) is 0 Å². The molecule has 2 unspecified atom stereocenters. The molecule has 1 aromatic rings. The first kappa shape index (κ1) is 14.9. The Morgan fingerprint density at radius 1 is 1.33 bits per heavy atom. The molecule has 0 amide bonds. The van der Waals surface area contributed by atoms with E-state index in [0.717, 1.165) is 31.5 Å². The number of hydrogen-bond acceptors (Lipinski definition) is 2. The first-order chi connectivity index (χ1) is 10.0. The summed E-state index contributed by atoms with van der Waals surface area (Å²) in [5.41, 5.74) is 0.624. The molecule has 4 heteroatoms. The highest BCUT2D eigenvalue weighted by atomic mass is 19.1. The van der Waals surface area contributed by atoms with E-state index in [-0.39, 0.29) is 5.54 Å². The van der Waals surface area contributed by atoms with Gasteiger partial charge in [0.1, 0.15) is 11.6 Å². The summed E-state index contributed by atoms with van der Waals surface area (Å²) in [6, 6.07) is 4.43. The molecule has 21 heavy (non-hydrogen) atoms. The average molecular weight is 294 g/mol. The van der Waals surface area contributed by atoms with Gasteiger partial charge in [-0.2, -0.15) is 0 Å². The van der Waals surface area contributed by atoms with Crippen LogP contribution in [0.1, 0.15) is 38.7 Å². The van der Waals surface area contributed by atoms with Gasteiger partial charge >= 0.3 is 0 Å². The van der Waals surface area contributed by atoms with E-state index in [1.165, 1.54) is 18.9 Å². The molecule has 0 spiro atoms. The molecule has 1 aromatic carbocycles. The van der Waals surface area contributed by atoms with Crippen molar-refractivity contribution in [2.24, 2.45) is 5.92 Å². The van der Waals surface area contributed by atoms with Crippen LogP contribution in [0.25, 0.3) is 0 Å².